The maximum absolute atomic E-state index is 14.1. The number of rotatable bonds is 11. The van der Waals surface area contributed by atoms with E-state index >= 15 is 0 Å². The first-order chi connectivity index (χ1) is 21.7. The van der Waals surface area contributed by atoms with Crippen LogP contribution in [0.4, 0.5) is 5.69 Å². The Morgan fingerprint density at radius 3 is 2.42 bits per heavy atom. The van der Waals surface area contributed by atoms with Gasteiger partial charge < -0.3 is 18.9 Å². The molecule has 232 valence electrons. The summed E-state index contributed by atoms with van der Waals surface area (Å²) in [5.41, 5.74) is 2.40. The number of benzene rings is 3. The van der Waals surface area contributed by atoms with Gasteiger partial charge in [-0.25, -0.2) is 9.79 Å². The van der Waals surface area contributed by atoms with Crippen molar-refractivity contribution in [3.63, 3.8) is 0 Å². The van der Waals surface area contributed by atoms with Crippen LogP contribution in [0.2, 0.25) is 0 Å². The third-order valence-corrected chi connectivity index (χ3v) is 8.05. The van der Waals surface area contributed by atoms with E-state index in [1.165, 1.54) is 35.1 Å². The van der Waals surface area contributed by atoms with E-state index in [-0.39, 0.29) is 30.0 Å². The molecule has 0 fully saturated rings. The van der Waals surface area contributed by atoms with Gasteiger partial charge in [0.1, 0.15) is 12.4 Å². The molecule has 0 aliphatic carbocycles. The first-order valence-corrected chi connectivity index (χ1v) is 15.0. The van der Waals surface area contributed by atoms with Crippen molar-refractivity contribution in [1.29, 1.82) is 0 Å². The second kappa shape index (κ2) is 13.6. The summed E-state index contributed by atoms with van der Waals surface area (Å²) in [5, 5.41) is 11.0. The minimum absolute atomic E-state index is 0.0167. The Balaban J connectivity index is 1.59. The van der Waals surface area contributed by atoms with Crippen LogP contribution >= 0.6 is 11.3 Å². The van der Waals surface area contributed by atoms with E-state index in [1.807, 2.05) is 19.1 Å². The van der Waals surface area contributed by atoms with Crippen molar-refractivity contribution in [2.24, 2.45) is 4.99 Å². The molecule has 0 bridgehead atoms. The molecule has 11 nitrogen and oxygen atoms in total. The molecule has 1 aromatic heterocycles. The Labute approximate surface area is 262 Å². The summed E-state index contributed by atoms with van der Waals surface area (Å²) in [4.78, 5) is 42.9. The summed E-state index contributed by atoms with van der Waals surface area (Å²) in [6.07, 6.45) is 1.70. The number of nitro benzene ring substituents is 1. The molecular weight excluding hydrogens is 598 g/mol. The van der Waals surface area contributed by atoms with Crippen LogP contribution in [-0.4, -0.2) is 35.8 Å². The zero-order chi connectivity index (χ0) is 32.1. The number of fused-ring (bicyclic) bond motifs is 1. The zero-order valence-corrected chi connectivity index (χ0v) is 26.0. The predicted octanol–water partition coefficient (Wildman–Crippen LogP) is 4.69. The third kappa shape index (κ3) is 6.50. The lowest BCUT2D eigenvalue weighted by Crippen LogP contribution is -2.39. The van der Waals surface area contributed by atoms with Crippen LogP contribution < -0.4 is 29.1 Å². The minimum atomic E-state index is -0.763. The smallest absolute Gasteiger partial charge is 0.338 e. The van der Waals surface area contributed by atoms with Crippen LogP contribution in [-0.2, 0) is 16.1 Å². The number of carbonyl (C=O) groups is 1. The van der Waals surface area contributed by atoms with Gasteiger partial charge in [-0.3, -0.25) is 19.5 Å². The summed E-state index contributed by atoms with van der Waals surface area (Å²) in [5.74, 6) is 0.981. The molecule has 2 heterocycles. The summed E-state index contributed by atoms with van der Waals surface area (Å²) in [6.45, 7) is 6.15. The topological polar surface area (TPSA) is 131 Å². The molecule has 0 amide bonds. The number of allylic oxidation sites excluding steroid dienone is 1. The lowest BCUT2D eigenvalue weighted by molar-refractivity contribution is -0.384. The van der Waals surface area contributed by atoms with Crippen LogP contribution in [0.15, 0.2) is 87.8 Å². The number of para-hydroxylation sites is 1. The molecule has 0 radical (unpaired) electrons. The van der Waals surface area contributed by atoms with Gasteiger partial charge in [-0.05, 0) is 68.3 Å². The first kappa shape index (κ1) is 31.2. The minimum Gasteiger partial charge on any atom is -0.494 e. The Morgan fingerprint density at radius 1 is 1.04 bits per heavy atom. The molecule has 0 N–H and O–H groups in total. The number of nitrogens with zero attached hydrogens (tertiary/aromatic N) is 3. The number of nitro groups is 1. The number of aromatic nitrogens is 1. The number of non-ortho nitro benzene ring substituents is 1. The van der Waals surface area contributed by atoms with E-state index < -0.39 is 16.9 Å². The third-order valence-electron chi connectivity index (χ3n) is 7.07. The highest BCUT2D eigenvalue weighted by Crippen LogP contribution is 2.34. The van der Waals surface area contributed by atoms with Crippen molar-refractivity contribution < 1.29 is 28.7 Å². The average molecular weight is 630 g/mol. The van der Waals surface area contributed by atoms with Crippen molar-refractivity contribution in [2.45, 2.75) is 33.4 Å². The summed E-state index contributed by atoms with van der Waals surface area (Å²) >= 11 is 1.20. The van der Waals surface area contributed by atoms with Gasteiger partial charge in [0.2, 0.25) is 0 Å². The number of carbonyl (C=O) groups excluding carboxylic acids is 1. The van der Waals surface area contributed by atoms with Crippen LogP contribution in [0.25, 0.3) is 6.08 Å². The molecule has 0 saturated carbocycles. The van der Waals surface area contributed by atoms with E-state index in [1.54, 1.807) is 62.4 Å². The fourth-order valence-electron chi connectivity index (χ4n) is 4.99. The zero-order valence-electron chi connectivity index (χ0n) is 25.1. The standard InChI is InChI=1S/C33H31N3O8S/c1-5-42-25-16-12-22(13-17-25)29-28(32(38)43-6-2)20(3)34-33-35(29)31(37)27(45-33)18-23-8-7-9-26(41-4)30(23)44-19-21-10-14-24(15-11-21)36(39)40/h7-18,29H,5-6,19H2,1-4H3/b27-18-/t29-/m1/s1. The molecule has 3 aromatic carbocycles. The Hall–Kier alpha value is -5.23. The van der Waals surface area contributed by atoms with Gasteiger partial charge in [-0.1, -0.05) is 35.6 Å². The SMILES string of the molecule is CCOC(=O)C1=C(C)N=c2s/c(=C\c3cccc(OC)c3OCc3ccc([N+](=O)[O-])cc3)c(=O)n2[C@@H]1c1ccc(OCC)cc1. The largest absolute Gasteiger partial charge is 0.494 e. The maximum atomic E-state index is 14.1. The van der Waals surface area contributed by atoms with E-state index in [9.17, 15) is 19.7 Å². The van der Waals surface area contributed by atoms with Crippen molar-refractivity contribution >= 4 is 29.1 Å². The van der Waals surface area contributed by atoms with Crippen LogP contribution in [0.3, 0.4) is 0 Å². The van der Waals surface area contributed by atoms with E-state index in [4.69, 9.17) is 18.9 Å². The number of methoxy groups -OCH3 is 1. The Bertz CT molecular complexity index is 1940. The quantitative estimate of drug-likeness (QED) is 0.133. The second-order valence-electron chi connectivity index (χ2n) is 9.90. The molecule has 0 unspecified atom stereocenters. The number of hydrogen-bond donors (Lipinski definition) is 0. The van der Waals surface area contributed by atoms with E-state index in [0.29, 0.717) is 55.6 Å². The van der Waals surface area contributed by atoms with Crippen molar-refractivity contribution in [1.82, 2.24) is 4.57 Å². The number of ether oxygens (including phenoxy) is 4. The lowest BCUT2D eigenvalue weighted by Gasteiger charge is -2.24. The number of esters is 1. The van der Waals surface area contributed by atoms with Gasteiger partial charge in [-0.15, -0.1) is 0 Å². The van der Waals surface area contributed by atoms with Gasteiger partial charge in [0.05, 0.1) is 47.1 Å². The number of thiazole rings is 1. The lowest BCUT2D eigenvalue weighted by atomic mass is 9.96. The summed E-state index contributed by atoms with van der Waals surface area (Å²) in [6, 6.07) is 17.9. The average Bonchev–Trinajstić information content (AvgIpc) is 3.34. The van der Waals surface area contributed by atoms with E-state index in [0.717, 1.165) is 0 Å². The van der Waals surface area contributed by atoms with Crippen molar-refractivity contribution in [2.75, 3.05) is 20.3 Å². The van der Waals surface area contributed by atoms with E-state index in [2.05, 4.69) is 4.99 Å². The summed E-state index contributed by atoms with van der Waals surface area (Å²) in [7, 11) is 1.52. The molecule has 1 aliphatic heterocycles. The normalized spacial score (nSPS) is 14.4. The molecule has 0 saturated heterocycles. The van der Waals surface area contributed by atoms with Gasteiger partial charge in [0.15, 0.2) is 16.3 Å². The molecular formula is C33H31N3O8S. The first-order valence-electron chi connectivity index (χ1n) is 14.2. The molecule has 4 aromatic rings. The van der Waals surface area contributed by atoms with Gasteiger partial charge in [0, 0.05) is 17.7 Å². The molecule has 1 aliphatic rings. The van der Waals surface area contributed by atoms with Crippen molar-refractivity contribution in [3.05, 3.63) is 124 Å². The highest BCUT2D eigenvalue weighted by Gasteiger charge is 2.33. The summed E-state index contributed by atoms with van der Waals surface area (Å²) < 4.78 is 24.6. The molecule has 12 heteroatoms. The Morgan fingerprint density at radius 2 is 1.78 bits per heavy atom. The highest BCUT2D eigenvalue weighted by molar-refractivity contribution is 7.07. The van der Waals surface area contributed by atoms with Crippen LogP contribution in [0, 0.1) is 10.1 Å². The van der Waals surface area contributed by atoms with Crippen molar-refractivity contribution in [3.8, 4) is 17.2 Å². The van der Waals surface area contributed by atoms with Crippen LogP contribution in [0.5, 0.6) is 17.2 Å². The van der Waals surface area contributed by atoms with Crippen LogP contribution in [0.1, 0.15) is 43.5 Å². The predicted molar refractivity (Wildman–Crippen MR) is 168 cm³/mol. The fourth-order valence-corrected chi connectivity index (χ4v) is 6.03. The maximum Gasteiger partial charge on any atom is 0.338 e. The fraction of sp³-hybridized carbons (Fsp3) is 0.242. The molecule has 0 spiro atoms. The van der Waals surface area contributed by atoms with Gasteiger partial charge in [0.25, 0.3) is 11.2 Å². The molecule has 1 atom stereocenters. The monoisotopic (exact) mass is 629 g/mol. The molecule has 5 rings (SSSR count). The molecule has 45 heavy (non-hydrogen) atoms. The highest BCUT2D eigenvalue weighted by atomic mass is 32.1. The van der Waals surface area contributed by atoms with Gasteiger partial charge >= 0.3 is 5.97 Å². The number of hydrogen-bond acceptors (Lipinski definition) is 10. The van der Waals surface area contributed by atoms with Gasteiger partial charge in [-0.2, -0.15) is 0 Å². The Kier molecular flexibility index (Phi) is 9.43. The second-order valence-corrected chi connectivity index (χ2v) is 10.9.